The Labute approximate surface area is 131 Å². The fourth-order valence-electron chi connectivity index (χ4n) is 1.85. The number of ether oxygens (including phenoxy) is 1. The summed E-state index contributed by atoms with van der Waals surface area (Å²) in [6, 6.07) is 7.54. The molecule has 2 aromatic rings. The van der Waals surface area contributed by atoms with Crippen molar-refractivity contribution in [1.82, 2.24) is 4.98 Å². The van der Waals surface area contributed by atoms with Crippen LogP contribution in [0.5, 0.6) is 5.75 Å². The van der Waals surface area contributed by atoms with Gasteiger partial charge in [0.1, 0.15) is 12.4 Å². The van der Waals surface area contributed by atoms with Crippen molar-refractivity contribution < 1.29 is 14.6 Å². The summed E-state index contributed by atoms with van der Waals surface area (Å²) in [6.07, 6.45) is 6.07. The highest BCUT2D eigenvalue weighted by molar-refractivity contribution is 9.10. The number of pyridine rings is 1. The molecule has 1 aromatic carbocycles. The van der Waals surface area contributed by atoms with Crippen LogP contribution in [-0.4, -0.2) is 16.1 Å². The van der Waals surface area contributed by atoms with Gasteiger partial charge >= 0.3 is 5.97 Å². The smallest absolute Gasteiger partial charge is 0.328 e. The molecule has 0 atom stereocenters. The summed E-state index contributed by atoms with van der Waals surface area (Å²) in [5.74, 6) is -0.311. The number of hydrogen-bond acceptors (Lipinski definition) is 3. The van der Waals surface area contributed by atoms with E-state index in [1.165, 1.54) is 6.08 Å². The Balaban J connectivity index is 2.20. The molecule has 0 saturated carbocycles. The summed E-state index contributed by atoms with van der Waals surface area (Å²) < 4.78 is 6.72. The van der Waals surface area contributed by atoms with E-state index in [-0.39, 0.29) is 0 Å². The zero-order valence-corrected chi connectivity index (χ0v) is 13.0. The average molecular weight is 348 g/mol. The number of aliphatic carboxylic acids is 1. The molecule has 0 aliphatic rings. The quantitative estimate of drug-likeness (QED) is 0.835. The van der Waals surface area contributed by atoms with E-state index < -0.39 is 5.97 Å². The average Bonchev–Trinajstić information content (AvgIpc) is 2.44. The predicted molar refractivity (Wildman–Crippen MR) is 84.1 cm³/mol. The number of benzene rings is 1. The van der Waals surface area contributed by atoms with Gasteiger partial charge in [0, 0.05) is 34.1 Å². The molecular weight excluding hydrogens is 334 g/mol. The number of hydrogen-bond donors (Lipinski definition) is 1. The van der Waals surface area contributed by atoms with Crippen molar-refractivity contribution in [2.75, 3.05) is 0 Å². The molecule has 2 rings (SSSR count). The van der Waals surface area contributed by atoms with Crippen LogP contribution in [0.2, 0.25) is 0 Å². The topological polar surface area (TPSA) is 59.4 Å². The van der Waals surface area contributed by atoms with Gasteiger partial charge in [0.25, 0.3) is 0 Å². The minimum atomic E-state index is -0.987. The molecule has 1 aromatic heterocycles. The molecule has 1 N–H and O–H groups in total. The third-order valence-corrected chi connectivity index (χ3v) is 3.23. The summed E-state index contributed by atoms with van der Waals surface area (Å²) in [4.78, 5) is 14.7. The Bertz CT molecular complexity index is 683. The highest BCUT2D eigenvalue weighted by Gasteiger charge is 2.06. The first kappa shape index (κ1) is 15.3. The molecule has 0 fully saturated rings. The van der Waals surface area contributed by atoms with Crippen LogP contribution in [0, 0.1) is 6.92 Å². The molecule has 0 radical (unpaired) electrons. The lowest BCUT2D eigenvalue weighted by molar-refractivity contribution is -0.131. The van der Waals surface area contributed by atoms with Crippen LogP contribution in [0.25, 0.3) is 6.08 Å². The third-order valence-electron chi connectivity index (χ3n) is 2.79. The van der Waals surface area contributed by atoms with E-state index in [0.29, 0.717) is 12.4 Å². The largest absolute Gasteiger partial charge is 0.488 e. The number of halogens is 1. The first-order valence-electron chi connectivity index (χ1n) is 6.29. The van der Waals surface area contributed by atoms with Crippen molar-refractivity contribution in [1.29, 1.82) is 0 Å². The minimum absolute atomic E-state index is 0.366. The number of aryl methyl sites for hydroxylation is 1. The summed E-state index contributed by atoms with van der Waals surface area (Å²) in [5, 5.41) is 8.73. The minimum Gasteiger partial charge on any atom is -0.488 e. The maximum absolute atomic E-state index is 10.6. The zero-order chi connectivity index (χ0) is 15.2. The van der Waals surface area contributed by atoms with Gasteiger partial charge in [0.05, 0.1) is 0 Å². The number of carboxylic acids is 1. The van der Waals surface area contributed by atoms with Crippen molar-refractivity contribution in [3.8, 4) is 5.75 Å². The Morgan fingerprint density at radius 1 is 1.43 bits per heavy atom. The second-order valence-corrected chi connectivity index (χ2v) is 5.38. The second kappa shape index (κ2) is 7.04. The van der Waals surface area contributed by atoms with Gasteiger partial charge in [0.2, 0.25) is 0 Å². The van der Waals surface area contributed by atoms with Gasteiger partial charge in [-0.05, 0) is 40.6 Å². The SMILES string of the molecule is Cc1cccc(/C=C/C(=O)O)c1OCc1cncc(Br)c1. The molecule has 0 bridgehead atoms. The summed E-state index contributed by atoms with van der Waals surface area (Å²) in [7, 11) is 0. The van der Waals surface area contributed by atoms with Gasteiger partial charge in [-0.2, -0.15) is 0 Å². The van der Waals surface area contributed by atoms with Crippen molar-refractivity contribution in [2.45, 2.75) is 13.5 Å². The van der Waals surface area contributed by atoms with Crippen molar-refractivity contribution in [3.05, 3.63) is 63.9 Å². The molecule has 0 unspecified atom stereocenters. The fraction of sp³-hybridized carbons (Fsp3) is 0.125. The monoisotopic (exact) mass is 347 g/mol. The molecule has 21 heavy (non-hydrogen) atoms. The summed E-state index contributed by atoms with van der Waals surface area (Å²) in [6.45, 7) is 2.29. The molecule has 4 nitrogen and oxygen atoms in total. The molecule has 5 heteroatoms. The highest BCUT2D eigenvalue weighted by atomic mass is 79.9. The normalized spacial score (nSPS) is 10.8. The number of carbonyl (C=O) groups is 1. The molecule has 0 amide bonds. The van der Waals surface area contributed by atoms with Gasteiger partial charge in [-0.1, -0.05) is 18.2 Å². The third kappa shape index (κ3) is 4.43. The van der Waals surface area contributed by atoms with Crippen molar-refractivity contribution >= 4 is 28.0 Å². The Morgan fingerprint density at radius 3 is 2.95 bits per heavy atom. The summed E-state index contributed by atoms with van der Waals surface area (Å²) in [5.41, 5.74) is 2.62. The molecule has 0 spiro atoms. The first-order chi connectivity index (χ1) is 10.1. The lowest BCUT2D eigenvalue weighted by atomic mass is 10.1. The lowest BCUT2D eigenvalue weighted by Crippen LogP contribution is -1.99. The standard InChI is InChI=1S/C16H14BrNO3/c1-11-3-2-4-13(5-6-15(19)20)16(11)21-10-12-7-14(17)9-18-8-12/h2-9H,10H2,1H3,(H,19,20)/b6-5+. The van der Waals surface area contributed by atoms with Crippen LogP contribution in [0.1, 0.15) is 16.7 Å². The van der Waals surface area contributed by atoms with Crippen LogP contribution in [0.3, 0.4) is 0 Å². The van der Waals surface area contributed by atoms with Crippen LogP contribution in [0.15, 0.2) is 47.2 Å². The molecular formula is C16H14BrNO3. The van der Waals surface area contributed by atoms with Crippen LogP contribution < -0.4 is 4.74 Å². The van der Waals surface area contributed by atoms with Crippen molar-refractivity contribution in [2.24, 2.45) is 0 Å². The van der Waals surface area contributed by atoms with E-state index >= 15 is 0 Å². The van der Waals surface area contributed by atoms with E-state index in [4.69, 9.17) is 9.84 Å². The van der Waals surface area contributed by atoms with Gasteiger partial charge < -0.3 is 9.84 Å². The van der Waals surface area contributed by atoms with E-state index in [1.807, 2.05) is 31.2 Å². The molecule has 0 aliphatic carbocycles. The summed E-state index contributed by atoms with van der Waals surface area (Å²) >= 11 is 3.36. The van der Waals surface area contributed by atoms with E-state index in [2.05, 4.69) is 20.9 Å². The van der Waals surface area contributed by atoms with E-state index in [1.54, 1.807) is 12.4 Å². The fourth-order valence-corrected chi connectivity index (χ4v) is 2.27. The van der Waals surface area contributed by atoms with E-state index in [9.17, 15) is 4.79 Å². The Morgan fingerprint density at radius 2 is 2.24 bits per heavy atom. The molecule has 0 aliphatic heterocycles. The van der Waals surface area contributed by atoms with Crippen LogP contribution in [0.4, 0.5) is 0 Å². The van der Waals surface area contributed by atoms with Crippen LogP contribution in [-0.2, 0) is 11.4 Å². The lowest BCUT2D eigenvalue weighted by Gasteiger charge is -2.12. The zero-order valence-electron chi connectivity index (χ0n) is 11.4. The maximum atomic E-state index is 10.6. The van der Waals surface area contributed by atoms with E-state index in [0.717, 1.165) is 27.2 Å². The second-order valence-electron chi connectivity index (χ2n) is 4.46. The number of nitrogens with zero attached hydrogens (tertiary/aromatic N) is 1. The van der Waals surface area contributed by atoms with Gasteiger partial charge in [0.15, 0.2) is 0 Å². The molecule has 108 valence electrons. The number of rotatable bonds is 5. The Kier molecular flexibility index (Phi) is 5.11. The highest BCUT2D eigenvalue weighted by Crippen LogP contribution is 2.26. The van der Waals surface area contributed by atoms with Gasteiger partial charge in [-0.3, -0.25) is 4.98 Å². The van der Waals surface area contributed by atoms with Gasteiger partial charge in [-0.25, -0.2) is 4.79 Å². The number of para-hydroxylation sites is 1. The molecule has 0 saturated heterocycles. The first-order valence-corrected chi connectivity index (χ1v) is 7.08. The number of carboxylic acid groups (broad SMARTS) is 1. The van der Waals surface area contributed by atoms with Crippen molar-refractivity contribution in [3.63, 3.8) is 0 Å². The van der Waals surface area contributed by atoms with Gasteiger partial charge in [-0.15, -0.1) is 0 Å². The Hall–Kier alpha value is -2.14. The maximum Gasteiger partial charge on any atom is 0.328 e. The predicted octanol–water partition coefficient (Wildman–Crippen LogP) is 3.83. The number of aromatic nitrogens is 1. The van der Waals surface area contributed by atoms with Crippen LogP contribution >= 0.6 is 15.9 Å². The molecule has 1 heterocycles.